The fourth-order valence-electron chi connectivity index (χ4n) is 9.26. The number of nitrogens with one attached hydrogen (secondary N) is 1. The van der Waals surface area contributed by atoms with Crippen molar-refractivity contribution in [3.05, 3.63) is 47.5 Å². The molecule has 3 saturated carbocycles. The van der Waals surface area contributed by atoms with Gasteiger partial charge in [-0.3, -0.25) is 9.59 Å². The maximum atomic E-state index is 14.8. The fourth-order valence-corrected chi connectivity index (χ4v) is 9.26. The lowest BCUT2D eigenvalue weighted by Gasteiger charge is -2.67. The van der Waals surface area contributed by atoms with E-state index in [1.807, 2.05) is 0 Å². The maximum Gasteiger partial charge on any atom is 0.407 e. The highest BCUT2D eigenvalue weighted by molar-refractivity contribution is 5.94. The van der Waals surface area contributed by atoms with Crippen molar-refractivity contribution in [1.82, 2.24) is 5.32 Å². The number of aliphatic hydroxyl groups excluding tert-OH is 2. The zero-order chi connectivity index (χ0) is 40.7. The number of hydrogen-bond acceptors (Lipinski definition) is 14. The molecule has 302 valence electrons. The quantitative estimate of drug-likeness (QED) is 0.145. The number of rotatable bonds is 8. The Balaban J connectivity index is 1.46. The van der Waals surface area contributed by atoms with Gasteiger partial charge >= 0.3 is 24.0 Å². The highest BCUT2D eigenvalue weighted by atomic mass is 16.6. The van der Waals surface area contributed by atoms with Gasteiger partial charge in [0, 0.05) is 25.2 Å². The number of ether oxygens (including phenoxy) is 5. The molecule has 1 aromatic rings. The minimum absolute atomic E-state index is 0.0875. The number of carbonyl (C=O) groups excluding carboxylic acids is 5. The van der Waals surface area contributed by atoms with E-state index in [1.165, 1.54) is 45.9 Å². The van der Waals surface area contributed by atoms with Crippen molar-refractivity contribution in [2.24, 2.45) is 22.7 Å². The molecule has 0 aromatic heterocycles. The van der Waals surface area contributed by atoms with E-state index in [0.29, 0.717) is 12.8 Å². The average molecular weight is 772 g/mol. The van der Waals surface area contributed by atoms with Crippen LogP contribution in [0.2, 0.25) is 0 Å². The van der Waals surface area contributed by atoms with Crippen molar-refractivity contribution < 1.29 is 68.1 Å². The zero-order valence-electron chi connectivity index (χ0n) is 32.5. The molecule has 11 atom stereocenters. The third-order valence-electron chi connectivity index (χ3n) is 12.5. The van der Waals surface area contributed by atoms with Gasteiger partial charge in [-0.15, -0.1) is 0 Å². The Kier molecular flexibility index (Phi) is 10.1. The van der Waals surface area contributed by atoms with Crippen molar-refractivity contribution in [2.45, 2.75) is 140 Å². The van der Waals surface area contributed by atoms with Gasteiger partial charge in [-0.25, -0.2) is 14.4 Å². The van der Waals surface area contributed by atoms with E-state index in [-0.39, 0.29) is 30.1 Å². The first-order chi connectivity index (χ1) is 25.4. The summed E-state index contributed by atoms with van der Waals surface area (Å²) in [5.41, 5.74) is -10.8. The summed E-state index contributed by atoms with van der Waals surface area (Å²) < 4.78 is 29.3. The second-order valence-electron chi connectivity index (χ2n) is 17.7. The third-order valence-corrected chi connectivity index (χ3v) is 12.5. The molecular formula is C40H53NO14. The molecule has 2 bridgehead atoms. The molecule has 1 saturated heterocycles. The molecule has 0 spiro atoms. The van der Waals surface area contributed by atoms with E-state index in [2.05, 4.69) is 5.32 Å². The van der Waals surface area contributed by atoms with Crippen LogP contribution >= 0.6 is 0 Å². The normalized spacial score (nSPS) is 36.7. The predicted molar refractivity (Wildman–Crippen MR) is 191 cm³/mol. The first-order valence-electron chi connectivity index (χ1n) is 18.8. The number of fused-ring (bicyclic) bond motifs is 5. The van der Waals surface area contributed by atoms with Crippen LogP contribution in [-0.4, -0.2) is 116 Å². The van der Waals surface area contributed by atoms with E-state index in [4.69, 9.17) is 23.7 Å². The molecule has 0 unspecified atom stereocenters. The summed E-state index contributed by atoms with van der Waals surface area (Å²) in [6, 6.07) is 6.75. The molecule has 15 heteroatoms. The Bertz CT molecular complexity index is 1760. The number of hydrogen-bond donors (Lipinski definition) is 5. The van der Waals surface area contributed by atoms with Crippen LogP contribution in [0.25, 0.3) is 0 Å². The van der Waals surface area contributed by atoms with Crippen LogP contribution < -0.4 is 5.32 Å². The Morgan fingerprint density at radius 1 is 1.00 bits per heavy atom. The number of alkyl carbamates (subject to hydrolysis) is 1. The summed E-state index contributed by atoms with van der Waals surface area (Å²) in [7, 11) is 0. The Morgan fingerprint density at radius 3 is 2.18 bits per heavy atom. The lowest BCUT2D eigenvalue weighted by Crippen LogP contribution is -2.81. The van der Waals surface area contributed by atoms with Crippen molar-refractivity contribution >= 4 is 29.8 Å². The molecule has 1 aliphatic heterocycles. The maximum absolute atomic E-state index is 14.8. The SMILES string of the molecule is CC(=O)O[C@@]12CO[C@@H]1C[C@H](O)[C@@]1(C)C(=O)[C@H](O)C3=C[C@@H](OC(=O)[C@](C)(O)[C@@H](NC(=O)OC(C)(C)C)C4CC4)C[C@@](O)([C@@H](OC(=O)c4ccccc4)[C@H]21)C3(C)C. The number of benzene rings is 1. The number of aliphatic hydroxyl groups is 4. The van der Waals surface area contributed by atoms with Crippen LogP contribution in [0.4, 0.5) is 4.79 Å². The fraction of sp³-hybridized carbons (Fsp3) is 0.675. The van der Waals surface area contributed by atoms with Crippen molar-refractivity contribution in [2.75, 3.05) is 6.61 Å². The van der Waals surface area contributed by atoms with Gasteiger partial charge in [-0.1, -0.05) is 32.0 Å². The molecule has 6 rings (SSSR count). The Labute approximate surface area is 319 Å². The van der Waals surface area contributed by atoms with Gasteiger partial charge in [0.25, 0.3) is 0 Å². The molecule has 15 nitrogen and oxygen atoms in total. The van der Waals surface area contributed by atoms with Gasteiger partial charge in [0.05, 0.1) is 35.6 Å². The second-order valence-corrected chi connectivity index (χ2v) is 17.7. The number of Topliss-reactive ketones (excluding diaryl/α,β-unsaturated/α-hetero) is 1. The monoisotopic (exact) mass is 771 g/mol. The number of esters is 3. The standard InChI is InChI=1S/C40H53NO14/c1-20(42)54-39-19-51-26(39)17-25(43)37(7)28(39)31(53-32(46)22-12-10-9-11-13-22)40(50)18-23(16-24(36(40,5)6)27(44)30(37)45)52-33(47)38(8,49)29(21-14-15-21)41-34(48)55-35(2,3)4/h9-13,16,21,23,25-29,31,43-44,49-50H,14-15,17-19H2,1-8H3,(H,41,48)/t23-,25+,26-,27-,28+,29+,31+,37-,38-,39+,40-/m1/s1. The first-order valence-corrected chi connectivity index (χ1v) is 18.8. The molecule has 5 N–H and O–H groups in total. The van der Waals surface area contributed by atoms with Gasteiger partial charge < -0.3 is 49.4 Å². The Hall–Kier alpha value is -3.89. The molecule has 1 aromatic carbocycles. The molecule has 1 amide bonds. The molecule has 5 aliphatic rings. The molecule has 55 heavy (non-hydrogen) atoms. The summed E-state index contributed by atoms with van der Waals surface area (Å²) in [5, 5.41) is 51.3. The van der Waals surface area contributed by atoms with Crippen LogP contribution in [0.5, 0.6) is 0 Å². The van der Waals surface area contributed by atoms with Crippen LogP contribution in [0, 0.1) is 22.7 Å². The summed E-state index contributed by atoms with van der Waals surface area (Å²) in [4.78, 5) is 68.4. The van der Waals surface area contributed by atoms with Crippen LogP contribution in [0.15, 0.2) is 42.0 Å². The van der Waals surface area contributed by atoms with Crippen molar-refractivity contribution in [1.29, 1.82) is 0 Å². The summed E-state index contributed by atoms with van der Waals surface area (Å²) in [6.07, 6.45) is -6.68. The topological polar surface area (TPSA) is 224 Å². The van der Waals surface area contributed by atoms with E-state index >= 15 is 0 Å². The summed E-state index contributed by atoms with van der Waals surface area (Å²) in [6.45, 7) is 11.5. The van der Waals surface area contributed by atoms with E-state index in [9.17, 15) is 44.4 Å². The first kappa shape index (κ1) is 40.8. The Morgan fingerprint density at radius 2 is 1.64 bits per heavy atom. The lowest BCUT2D eigenvalue weighted by atomic mass is 9.45. The molecule has 0 radical (unpaired) electrons. The van der Waals surface area contributed by atoms with Gasteiger partial charge in [0.1, 0.15) is 35.6 Å². The summed E-state index contributed by atoms with van der Waals surface area (Å²) >= 11 is 0. The minimum Gasteiger partial charge on any atom is -0.456 e. The van der Waals surface area contributed by atoms with Crippen LogP contribution in [-0.2, 0) is 38.1 Å². The zero-order valence-corrected chi connectivity index (χ0v) is 32.5. The van der Waals surface area contributed by atoms with E-state index in [1.54, 1.807) is 39.0 Å². The second kappa shape index (κ2) is 13.6. The predicted octanol–water partition coefficient (Wildman–Crippen LogP) is 2.30. The highest BCUT2D eigenvalue weighted by Crippen LogP contribution is 2.63. The van der Waals surface area contributed by atoms with Gasteiger partial charge in [0.2, 0.25) is 0 Å². The third kappa shape index (κ3) is 6.75. The average Bonchev–Trinajstić information content (AvgIpc) is 3.92. The lowest BCUT2D eigenvalue weighted by molar-refractivity contribution is -0.345. The number of ketones is 1. The van der Waals surface area contributed by atoms with Gasteiger partial charge in [0.15, 0.2) is 17.0 Å². The van der Waals surface area contributed by atoms with Gasteiger partial charge in [-0.05, 0) is 77.2 Å². The van der Waals surface area contributed by atoms with Crippen molar-refractivity contribution in [3.63, 3.8) is 0 Å². The molecule has 4 fully saturated rings. The van der Waals surface area contributed by atoms with Crippen molar-refractivity contribution in [3.8, 4) is 0 Å². The van der Waals surface area contributed by atoms with E-state index < -0.39 is 112 Å². The number of carbonyl (C=O) groups is 5. The smallest absolute Gasteiger partial charge is 0.407 e. The molecule has 1 heterocycles. The summed E-state index contributed by atoms with van der Waals surface area (Å²) in [5.74, 6) is -5.53. The molecule has 4 aliphatic carbocycles. The molecular weight excluding hydrogens is 718 g/mol. The van der Waals surface area contributed by atoms with Crippen LogP contribution in [0.1, 0.15) is 91.4 Å². The highest BCUT2D eigenvalue weighted by Gasteiger charge is 2.77. The number of amides is 1. The largest absolute Gasteiger partial charge is 0.456 e. The van der Waals surface area contributed by atoms with Gasteiger partial charge in [-0.2, -0.15) is 0 Å². The van der Waals surface area contributed by atoms with E-state index in [0.717, 1.165) is 6.92 Å². The minimum atomic E-state index is -2.32. The van der Waals surface area contributed by atoms with Crippen LogP contribution in [0.3, 0.4) is 0 Å².